The van der Waals surface area contributed by atoms with Crippen LogP contribution in [0.1, 0.15) is 28.4 Å². The van der Waals surface area contributed by atoms with Crippen LogP contribution in [0.2, 0.25) is 5.02 Å². The molecule has 154 valence electrons. The Kier molecular flexibility index (Phi) is 7.26. The van der Waals surface area contributed by atoms with E-state index in [-0.39, 0.29) is 17.5 Å². The summed E-state index contributed by atoms with van der Waals surface area (Å²) in [6.07, 6.45) is 4.66. The average Bonchev–Trinajstić information content (AvgIpc) is 2.78. The van der Waals surface area contributed by atoms with Gasteiger partial charge in [0.1, 0.15) is 11.6 Å². The lowest BCUT2D eigenvalue weighted by Crippen LogP contribution is -2.31. The summed E-state index contributed by atoms with van der Waals surface area (Å²) in [4.78, 5) is 14.8. The van der Waals surface area contributed by atoms with Crippen LogP contribution >= 0.6 is 11.6 Å². The molecule has 30 heavy (non-hydrogen) atoms. The van der Waals surface area contributed by atoms with Gasteiger partial charge >= 0.3 is 0 Å². The van der Waals surface area contributed by atoms with E-state index in [1.807, 2.05) is 60.7 Å². The first-order valence-electron chi connectivity index (χ1n) is 9.69. The molecule has 0 radical (unpaired) electrons. The first kappa shape index (κ1) is 21.6. The molecule has 0 heterocycles. The van der Waals surface area contributed by atoms with Crippen LogP contribution in [0.5, 0.6) is 5.75 Å². The maximum atomic E-state index is 13.7. The number of benzene rings is 3. The molecule has 0 N–H and O–H groups in total. The van der Waals surface area contributed by atoms with Gasteiger partial charge in [-0.3, -0.25) is 4.79 Å². The minimum atomic E-state index is -0.523. The maximum absolute atomic E-state index is 13.7. The van der Waals surface area contributed by atoms with Crippen LogP contribution in [0.25, 0.3) is 6.08 Å². The lowest BCUT2D eigenvalue weighted by Gasteiger charge is -2.22. The number of hydrogen-bond acceptors (Lipinski definition) is 2. The third-order valence-corrected chi connectivity index (χ3v) is 5.08. The molecule has 5 heteroatoms. The Morgan fingerprint density at radius 3 is 2.50 bits per heavy atom. The molecule has 3 aromatic rings. The fourth-order valence-electron chi connectivity index (χ4n) is 3.09. The summed E-state index contributed by atoms with van der Waals surface area (Å²) in [7, 11) is 1.61. The van der Waals surface area contributed by atoms with Crippen molar-refractivity contribution in [3.05, 3.63) is 100 Å². The van der Waals surface area contributed by atoms with Crippen molar-refractivity contribution in [3.63, 3.8) is 0 Å². The summed E-state index contributed by atoms with van der Waals surface area (Å²) in [5.74, 6) is 0.0290. The molecule has 0 spiro atoms. The van der Waals surface area contributed by atoms with Gasteiger partial charge in [0.05, 0.1) is 12.1 Å². The average molecular weight is 424 g/mol. The monoisotopic (exact) mass is 423 g/mol. The first-order chi connectivity index (χ1) is 14.5. The molecule has 3 aromatic carbocycles. The van der Waals surface area contributed by atoms with E-state index >= 15 is 0 Å². The van der Waals surface area contributed by atoms with E-state index in [1.54, 1.807) is 18.1 Å². The summed E-state index contributed by atoms with van der Waals surface area (Å²) in [6.45, 7) is 2.35. The Labute approximate surface area is 181 Å². The number of aryl methyl sites for hydroxylation is 1. The second kappa shape index (κ2) is 10.1. The highest BCUT2D eigenvalue weighted by Crippen LogP contribution is 2.25. The number of rotatable bonds is 7. The number of hydrogen-bond donors (Lipinski definition) is 0. The second-order valence-electron chi connectivity index (χ2n) is 6.71. The summed E-state index contributed by atoms with van der Waals surface area (Å²) in [6, 6.07) is 19.4. The Bertz CT molecular complexity index is 1050. The minimum absolute atomic E-state index is 0.0275. The highest BCUT2D eigenvalue weighted by molar-refractivity contribution is 6.31. The smallest absolute Gasteiger partial charge is 0.258 e. The van der Waals surface area contributed by atoms with Gasteiger partial charge in [-0.2, -0.15) is 0 Å². The van der Waals surface area contributed by atoms with Crippen molar-refractivity contribution >= 4 is 29.3 Å². The van der Waals surface area contributed by atoms with E-state index in [1.165, 1.54) is 12.1 Å². The molecule has 0 saturated carbocycles. The molecule has 0 aliphatic carbocycles. The molecular weight excluding hydrogens is 401 g/mol. The minimum Gasteiger partial charge on any atom is -0.496 e. The largest absolute Gasteiger partial charge is 0.496 e. The molecule has 0 bridgehead atoms. The van der Waals surface area contributed by atoms with Gasteiger partial charge in [0.2, 0.25) is 0 Å². The normalized spacial score (nSPS) is 10.9. The predicted molar refractivity (Wildman–Crippen MR) is 121 cm³/mol. The van der Waals surface area contributed by atoms with Crippen molar-refractivity contribution in [2.75, 3.05) is 18.6 Å². The zero-order valence-electron chi connectivity index (χ0n) is 16.9. The molecule has 0 aliphatic heterocycles. The second-order valence-corrected chi connectivity index (χ2v) is 7.12. The highest BCUT2D eigenvalue weighted by Gasteiger charge is 2.18. The molecule has 0 aromatic heterocycles. The molecule has 3 nitrogen and oxygen atoms in total. The summed E-state index contributed by atoms with van der Waals surface area (Å²) < 4.78 is 19.0. The van der Waals surface area contributed by atoms with Crippen LogP contribution in [-0.2, 0) is 6.42 Å². The van der Waals surface area contributed by atoms with Crippen molar-refractivity contribution < 1.29 is 13.9 Å². The number of anilines is 1. The molecule has 0 saturated heterocycles. The molecular formula is C25H23ClFNO2. The van der Waals surface area contributed by atoms with Gasteiger partial charge in [-0.15, -0.1) is 0 Å². The van der Waals surface area contributed by atoms with E-state index in [0.29, 0.717) is 11.3 Å². The fourth-order valence-corrected chi connectivity index (χ4v) is 3.26. The van der Waals surface area contributed by atoms with Crippen LogP contribution in [0, 0.1) is 5.82 Å². The van der Waals surface area contributed by atoms with Crippen molar-refractivity contribution in [1.29, 1.82) is 0 Å². The highest BCUT2D eigenvalue weighted by atomic mass is 35.5. The Morgan fingerprint density at radius 1 is 1.10 bits per heavy atom. The first-order valence-corrected chi connectivity index (χ1v) is 10.1. The van der Waals surface area contributed by atoms with E-state index in [4.69, 9.17) is 16.3 Å². The quantitative estimate of drug-likeness (QED) is 0.439. The lowest BCUT2D eigenvalue weighted by atomic mass is 10.1. The zero-order valence-corrected chi connectivity index (χ0v) is 17.7. The summed E-state index contributed by atoms with van der Waals surface area (Å²) in [5, 5.41) is -0.0275. The van der Waals surface area contributed by atoms with Crippen molar-refractivity contribution in [1.82, 2.24) is 0 Å². The molecule has 0 aliphatic rings. The van der Waals surface area contributed by atoms with Crippen LogP contribution in [0.15, 0.2) is 72.8 Å². The molecule has 0 unspecified atom stereocenters. The van der Waals surface area contributed by atoms with Crippen LogP contribution in [0.3, 0.4) is 0 Å². The number of amides is 1. The van der Waals surface area contributed by atoms with Gasteiger partial charge in [-0.05, 0) is 48.4 Å². The van der Waals surface area contributed by atoms with Gasteiger partial charge in [0.15, 0.2) is 0 Å². The standard InChI is InChI=1S/C25H23ClFNO2/c1-3-18-10-12-20(13-11-18)25(29)28(21-14-15-23(27)22(26)17-21)16-6-8-19-7-4-5-9-24(19)30-2/h4-15,17H,3,16H2,1-2H3/b8-6+. The predicted octanol–water partition coefficient (Wildman–Crippen LogP) is 6.41. The van der Waals surface area contributed by atoms with Crippen molar-refractivity contribution in [3.8, 4) is 5.75 Å². The van der Waals surface area contributed by atoms with Crippen LogP contribution in [0.4, 0.5) is 10.1 Å². The summed E-state index contributed by atoms with van der Waals surface area (Å²) in [5.41, 5.74) is 3.13. The van der Waals surface area contributed by atoms with Gasteiger partial charge < -0.3 is 9.64 Å². The molecule has 0 fully saturated rings. The number of methoxy groups -OCH3 is 1. The van der Waals surface area contributed by atoms with Crippen LogP contribution < -0.4 is 9.64 Å². The number of carbonyl (C=O) groups excluding carboxylic acids is 1. The number of para-hydroxylation sites is 1. The Balaban J connectivity index is 1.91. The maximum Gasteiger partial charge on any atom is 0.258 e. The van der Waals surface area contributed by atoms with Gasteiger partial charge in [-0.25, -0.2) is 4.39 Å². The number of ether oxygens (including phenoxy) is 1. The third-order valence-electron chi connectivity index (χ3n) is 4.79. The number of halogens is 2. The van der Waals surface area contributed by atoms with Gasteiger partial charge in [-0.1, -0.05) is 61.0 Å². The fraction of sp³-hybridized carbons (Fsp3) is 0.160. The zero-order chi connectivity index (χ0) is 21.5. The molecule has 3 rings (SSSR count). The lowest BCUT2D eigenvalue weighted by molar-refractivity contribution is 0.0989. The molecule has 0 atom stereocenters. The Morgan fingerprint density at radius 2 is 1.83 bits per heavy atom. The Hall–Kier alpha value is -3.11. The van der Waals surface area contributed by atoms with E-state index in [9.17, 15) is 9.18 Å². The molecule has 1 amide bonds. The van der Waals surface area contributed by atoms with E-state index in [0.717, 1.165) is 23.3 Å². The topological polar surface area (TPSA) is 29.5 Å². The van der Waals surface area contributed by atoms with Gasteiger partial charge in [0, 0.05) is 23.4 Å². The van der Waals surface area contributed by atoms with Crippen LogP contribution in [-0.4, -0.2) is 19.6 Å². The number of nitrogens with zero attached hydrogens (tertiary/aromatic N) is 1. The van der Waals surface area contributed by atoms with E-state index in [2.05, 4.69) is 6.92 Å². The van der Waals surface area contributed by atoms with E-state index < -0.39 is 5.82 Å². The number of carbonyl (C=O) groups is 1. The summed E-state index contributed by atoms with van der Waals surface area (Å²) >= 11 is 5.97. The SMILES string of the molecule is CCc1ccc(C(=O)N(C/C=C/c2ccccc2OC)c2ccc(F)c(Cl)c2)cc1. The third kappa shape index (κ3) is 5.08. The van der Waals surface area contributed by atoms with Crippen molar-refractivity contribution in [2.45, 2.75) is 13.3 Å². The van der Waals surface area contributed by atoms with Crippen molar-refractivity contribution in [2.24, 2.45) is 0 Å². The van der Waals surface area contributed by atoms with Gasteiger partial charge in [0.25, 0.3) is 5.91 Å².